The number of fused-ring (bicyclic) bond motifs is 2. The number of cyclic esters (lactones) is 1. The highest BCUT2D eigenvalue weighted by molar-refractivity contribution is 8.02. The molecule has 1 unspecified atom stereocenters. The third-order valence-electron chi connectivity index (χ3n) is 8.49. The quantitative estimate of drug-likeness (QED) is 0.400. The Kier molecular flexibility index (Phi) is 8.28. The van der Waals surface area contributed by atoms with E-state index in [4.69, 9.17) is 9.47 Å². The lowest BCUT2D eigenvalue weighted by molar-refractivity contribution is -0.153. The Labute approximate surface area is 223 Å². The summed E-state index contributed by atoms with van der Waals surface area (Å²) in [5.41, 5.74) is 0. The first-order valence-corrected chi connectivity index (χ1v) is 14.6. The molecule has 0 radical (unpaired) electrons. The third kappa shape index (κ3) is 4.86. The zero-order valence-electron chi connectivity index (χ0n) is 21.6. The molecule has 3 saturated heterocycles. The molecule has 0 bridgehead atoms. The standard InChI is InChI=1S/C27H39N3O6S/c1-2-19(18-31)30-23-25(33)29(12-11-28-13-16-35-17-14-28)10-7-9-27(23)22(24(30)32)21-20(37-27)8-5-3-4-6-15-36-26(21)34/h5,7-9,19-23,31H,2-4,6,10-18H2,1H3/b8-5-/t19-,20+,21-,22-,23?,27-/m0/s1. The van der Waals surface area contributed by atoms with Crippen LogP contribution >= 0.6 is 11.8 Å². The molecule has 5 heterocycles. The van der Waals surface area contributed by atoms with Crippen molar-refractivity contribution in [2.75, 3.05) is 59.2 Å². The summed E-state index contributed by atoms with van der Waals surface area (Å²) >= 11 is 1.56. The van der Waals surface area contributed by atoms with E-state index in [1.807, 2.05) is 30.1 Å². The number of ether oxygens (including phenoxy) is 2. The van der Waals surface area contributed by atoms with Crippen LogP contribution in [-0.2, 0) is 23.9 Å². The van der Waals surface area contributed by atoms with Gasteiger partial charge in [0.25, 0.3) is 0 Å². The van der Waals surface area contributed by atoms with E-state index in [1.165, 1.54) is 0 Å². The SMILES string of the molecule is CC[C@@H](CO)N1C(=O)[C@@H]2[C@H]3C(=O)OCCCC/C=C\[C@H]3S[C@@]23C=CCN(CCN2CCOCC2)C(=O)C13. The molecule has 5 aliphatic rings. The van der Waals surface area contributed by atoms with E-state index in [0.29, 0.717) is 39.3 Å². The molecule has 204 valence electrons. The van der Waals surface area contributed by atoms with Crippen LogP contribution in [0.1, 0.15) is 32.6 Å². The maximum Gasteiger partial charge on any atom is 0.311 e. The lowest BCUT2D eigenvalue weighted by Crippen LogP contribution is -2.57. The van der Waals surface area contributed by atoms with E-state index >= 15 is 0 Å². The third-order valence-corrected chi connectivity index (χ3v) is 10.2. The van der Waals surface area contributed by atoms with E-state index in [0.717, 1.165) is 38.9 Å². The first-order chi connectivity index (χ1) is 18.0. The highest BCUT2D eigenvalue weighted by atomic mass is 32.2. The number of hydrogen-bond acceptors (Lipinski definition) is 8. The number of morpholine rings is 1. The van der Waals surface area contributed by atoms with Gasteiger partial charge in [0.05, 0.1) is 49.1 Å². The lowest BCUT2D eigenvalue weighted by Gasteiger charge is -2.38. The van der Waals surface area contributed by atoms with Gasteiger partial charge in [-0.25, -0.2) is 0 Å². The van der Waals surface area contributed by atoms with Crippen LogP contribution in [0.15, 0.2) is 24.3 Å². The smallest absolute Gasteiger partial charge is 0.311 e. The van der Waals surface area contributed by atoms with E-state index in [9.17, 15) is 19.5 Å². The predicted octanol–water partition coefficient (Wildman–Crippen LogP) is 1.07. The van der Waals surface area contributed by atoms with Crippen molar-refractivity contribution in [1.82, 2.24) is 14.7 Å². The Morgan fingerprint density at radius 3 is 2.68 bits per heavy atom. The molecule has 5 rings (SSSR count). The molecule has 0 aromatic carbocycles. The number of thioether (sulfide) groups is 1. The Morgan fingerprint density at radius 1 is 1.11 bits per heavy atom. The molecule has 2 amide bonds. The summed E-state index contributed by atoms with van der Waals surface area (Å²) in [6, 6.07) is -1.25. The number of hydrogen-bond donors (Lipinski definition) is 1. The summed E-state index contributed by atoms with van der Waals surface area (Å²) in [5.74, 6) is -2.04. The molecule has 6 atom stereocenters. The highest BCUT2D eigenvalue weighted by Gasteiger charge is 2.71. The zero-order chi connectivity index (χ0) is 26.0. The number of amides is 2. The van der Waals surface area contributed by atoms with Crippen LogP contribution in [0.25, 0.3) is 0 Å². The van der Waals surface area contributed by atoms with E-state index in [1.54, 1.807) is 16.7 Å². The van der Waals surface area contributed by atoms with E-state index < -0.39 is 28.7 Å². The molecule has 3 fully saturated rings. The number of nitrogens with zero attached hydrogens (tertiary/aromatic N) is 3. The molecule has 0 aliphatic carbocycles. The summed E-state index contributed by atoms with van der Waals surface area (Å²) in [4.78, 5) is 47.6. The second-order valence-electron chi connectivity index (χ2n) is 10.6. The van der Waals surface area contributed by atoms with Crippen molar-refractivity contribution in [1.29, 1.82) is 0 Å². The molecule has 0 saturated carbocycles. The van der Waals surface area contributed by atoms with Gasteiger partial charge >= 0.3 is 5.97 Å². The fourth-order valence-electron chi connectivity index (χ4n) is 6.50. The average Bonchev–Trinajstić information content (AvgIpc) is 3.30. The van der Waals surface area contributed by atoms with Gasteiger partial charge in [0.1, 0.15) is 6.04 Å². The minimum absolute atomic E-state index is 0.102. The molecule has 0 aromatic heterocycles. The van der Waals surface area contributed by atoms with Crippen molar-refractivity contribution in [3.63, 3.8) is 0 Å². The fourth-order valence-corrected chi connectivity index (χ4v) is 8.49. The average molecular weight is 534 g/mol. The number of likely N-dealkylation sites (tertiary alicyclic amines) is 1. The molecule has 37 heavy (non-hydrogen) atoms. The van der Waals surface area contributed by atoms with Crippen molar-refractivity contribution in [2.24, 2.45) is 11.8 Å². The second kappa shape index (κ2) is 11.5. The number of allylic oxidation sites excluding steroid dienone is 1. The Balaban J connectivity index is 1.50. The Bertz CT molecular complexity index is 933. The van der Waals surface area contributed by atoms with Crippen molar-refractivity contribution in [3.05, 3.63) is 24.3 Å². The van der Waals surface area contributed by atoms with Crippen molar-refractivity contribution < 1.29 is 29.0 Å². The topological polar surface area (TPSA) is 99.6 Å². The van der Waals surface area contributed by atoms with Crippen molar-refractivity contribution in [3.8, 4) is 0 Å². The Morgan fingerprint density at radius 2 is 1.92 bits per heavy atom. The van der Waals surface area contributed by atoms with Crippen molar-refractivity contribution in [2.45, 2.75) is 54.7 Å². The van der Waals surface area contributed by atoms with Gasteiger partial charge in [-0.15, -0.1) is 11.8 Å². The zero-order valence-corrected chi connectivity index (χ0v) is 22.4. The van der Waals surface area contributed by atoms with E-state index in [2.05, 4.69) is 11.0 Å². The fraction of sp³-hybridized carbons (Fsp3) is 0.741. The number of aliphatic hydroxyl groups is 1. The molecule has 0 aromatic rings. The van der Waals surface area contributed by atoms with Gasteiger partial charge in [-0.3, -0.25) is 19.3 Å². The summed E-state index contributed by atoms with van der Waals surface area (Å²) in [5, 5.41) is 9.98. The van der Waals surface area contributed by atoms with E-state index in [-0.39, 0.29) is 29.6 Å². The number of esters is 1. The minimum atomic E-state index is -0.878. The first-order valence-electron chi connectivity index (χ1n) is 13.7. The summed E-state index contributed by atoms with van der Waals surface area (Å²) in [7, 11) is 0. The monoisotopic (exact) mass is 533 g/mol. The van der Waals surface area contributed by atoms with Crippen LogP contribution < -0.4 is 0 Å². The Hall–Kier alpha value is -1.88. The predicted molar refractivity (Wildman–Crippen MR) is 140 cm³/mol. The van der Waals surface area contributed by atoms with Crippen LogP contribution in [-0.4, -0.2) is 119 Å². The summed E-state index contributed by atoms with van der Waals surface area (Å²) in [6.45, 7) is 6.86. The van der Waals surface area contributed by atoms with Gasteiger partial charge < -0.3 is 24.4 Å². The largest absolute Gasteiger partial charge is 0.465 e. The van der Waals surface area contributed by atoms with Gasteiger partial charge in [0.15, 0.2) is 0 Å². The van der Waals surface area contributed by atoms with Gasteiger partial charge in [-0.1, -0.05) is 31.2 Å². The van der Waals surface area contributed by atoms with Crippen LogP contribution in [0.2, 0.25) is 0 Å². The van der Waals surface area contributed by atoms with Crippen molar-refractivity contribution >= 4 is 29.5 Å². The molecular formula is C27H39N3O6S. The minimum Gasteiger partial charge on any atom is -0.465 e. The van der Waals surface area contributed by atoms with Gasteiger partial charge in [-0.2, -0.15) is 0 Å². The number of carbonyl (C=O) groups excluding carboxylic acids is 3. The molecular weight excluding hydrogens is 494 g/mol. The molecule has 5 aliphatic heterocycles. The summed E-state index contributed by atoms with van der Waals surface area (Å²) in [6.07, 6.45) is 11.3. The molecule has 1 N–H and O–H groups in total. The molecule has 9 nitrogen and oxygen atoms in total. The number of rotatable bonds is 6. The van der Waals surface area contributed by atoms with Crippen LogP contribution in [0.3, 0.4) is 0 Å². The number of aliphatic hydroxyl groups excluding tert-OH is 1. The lowest BCUT2D eigenvalue weighted by atomic mass is 9.78. The normalized spacial score (nSPS) is 36.4. The summed E-state index contributed by atoms with van der Waals surface area (Å²) < 4.78 is 10.2. The molecule has 1 spiro atoms. The van der Waals surface area contributed by atoms with Crippen LogP contribution in [0.4, 0.5) is 0 Å². The first kappa shape index (κ1) is 26.7. The van der Waals surface area contributed by atoms with Crippen LogP contribution in [0, 0.1) is 11.8 Å². The van der Waals surface area contributed by atoms with Gasteiger partial charge in [0, 0.05) is 38.0 Å². The van der Waals surface area contributed by atoms with Gasteiger partial charge in [0.2, 0.25) is 11.8 Å². The number of carbonyl (C=O) groups is 3. The molecule has 10 heteroatoms. The second-order valence-corrected chi connectivity index (χ2v) is 12.1. The van der Waals surface area contributed by atoms with Gasteiger partial charge in [-0.05, 0) is 25.7 Å². The highest BCUT2D eigenvalue weighted by Crippen LogP contribution is 2.61. The maximum absolute atomic E-state index is 14.3. The maximum atomic E-state index is 14.3. The van der Waals surface area contributed by atoms with Crippen LogP contribution in [0.5, 0.6) is 0 Å².